The van der Waals surface area contributed by atoms with Crippen LogP contribution in [0.5, 0.6) is 0 Å². The molecule has 0 aliphatic rings. The second-order valence-corrected chi connectivity index (χ2v) is 6.24. The third-order valence-electron chi connectivity index (χ3n) is 2.79. The van der Waals surface area contributed by atoms with Crippen molar-refractivity contribution >= 4 is 27.1 Å². The highest BCUT2D eigenvalue weighted by Crippen LogP contribution is 2.12. The van der Waals surface area contributed by atoms with Gasteiger partial charge in [0.15, 0.2) is 0 Å². The van der Waals surface area contributed by atoms with E-state index in [-0.39, 0.29) is 11.0 Å². The van der Waals surface area contributed by atoms with E-state index in [4.69, 9.17) is 0 Å². The van der Waals surface area contributed by atoms with Crippen LogP contribution in [0.15, 0.2) is 23.3 Å². The van der Waals surface area contributed by atoms with Crippen molar-refractivity contribution in [3.05, 3.63) is 40.1 Å². The van der Waals surface area contributed by atoms with Crippen molar-refractivity contribution in [3.8, 4) is 0 Å². The molecule has 0 radical (unpaired) electrons. The first-order chi connectivity index (χ1) is 10.2. The quantitative estimate of drug-likeness (QED) is 0.779. The van der Waals surface area contributed by atoms with E-state index in [1.807, 2.05) is 6.92 Å². The van der Waals surface area contributed by atoms with E-state index in [2.05, 4.69) is 9.17 Å². The minimum atomic E-state index is -4.06. The topological polar surface area (TPSA) is 95.3 Å². The highest BCUT2D eigenvalue weighted by atomic mass is 32.2. The second kappa shape index (κ2) is 5.84. The fourth-order valence-electron chi connectivity index (χ4n) is 1.99. The van der Waals surface area contributed by atoms with Gasteiger partial charge < -0.3 is 8.75 Å². The van der Waals surface area contributed by atoms with Crippen molar-refractivity contribution in [1.82, 2.24) is 9.55 Å². The van der Waals surface area contributed by atoms with Crippen LogP contribution in [-0.2, 0) is 20.8 Å². The Labute approximate surface area is 125 Å². The largest absolute Gasteiger partial charge is 0.359 e. The lowest BCUT2D eigenvalue weighted by Crippen LogP contribution is -2.23. The summed E-state index contributed by atoms with van der Waals surface area (Å²) in [6, 6.07) is 0.952. The van der Waals surface area contributed by atoms with Crippen molar-refractivity contribution in [1.29, 1.82) is 0 Å². The Morgan fingerprint density at radius 1 is 1.45 bits per heavy atom. The molecular weight excluding hydrogens is 315 g/mol. The van der Waals surface area contributed by atoms with Gasteiger partial charge >= 0.3 is 16.1 Å². The summed E-state index contributed by atoms with van der Waals surface area (Å²) in [5, 5.41) is -0.114. The highest BCUT2D eigenvalue weighted by Gasteiger charge is 2.21. The van der Waals surface area contributed by atoms with Gasteiger partial charge in [-0.3, -0.25) is 4.79 Å². The molecule has 0 bridgehead atoms. The highest BCUT2D eigenvalue weighted by molar-refractivity contribution is 7.86. The Kier molecular flexibility index (Phi) is 4.27. The van der Waals surface area contributed by atoms with Crippen molar-refractivity contribution in [2.75, 3.05) is 6.26 Å². The molecule has 0 amide bonds. The minimum absolute atomic E-state index is 0.114. The predicted octanol–water partition coefficient (Wildman–Crippen LogP) is 1.06. The van der Waals surface area contributed by atoms with Crippen molar-refractivity contribution in [2.24, 2.45) is 0 Å². The van der Waals surface area contributed by atoms with Crippen LogP contribution in [0.1, 0.15) is 23.7 Å². The monoisotopic (exact) mass is 328 g/mol. The zero-order chi connectivity index (χ0) is 16.5. The zero-order valence-corrected chi connectivity index (χ0v) is 12.7. The average Bonchev–Trinajstić information content (AvgIpc) is 2.40. The first kappa shape index (κ1) is 16.1. The van der Waals surface area contributed by atoms with Crippen LogP contribution in [0.3, 0.4) is 0 Å². The summed E-state index contributed by atoms with van der Waals surface area (Å²) in [5.74, 6) is -2.04. The number of aryl methyl sites for hydroxylation is 1. The molecule has 0 N–H and O–H groups in total. The molecule has 7 nitrogen and oxygen atoms in total. The van der Waals surface area contributed by atoms with E-state index >= 15 is 0 Å². The number of fused-ring (bicyclic) bond motifs is 1. The maximum Gasteiger partial charge on any atom is 0.359 e. The van der Waals surface area contributed by atoms with E-state index in [1.54, 1.807) is 0 Å². The van der Waals surface area contributed by atoms with Gasteiger partial charge in [-0.15, -0.1) is 0 Å². The summed E-state index contributed by atoms with van der Waals surface area (Å²) in [6.07, 6.45) is 3.49. The second-order valence-electron chi connectivity index (χ2n) is 4.66. The van der Waals surface area contributed by atoms with Gasteiger partial charge in [0.05, 0.1) is 17.8 Å². The molecule has 2 heterocycles. The number of aromatic nitrogens is 2. The molecule has 0 saturated heterocycles. The van der Waals surface area contributed by atoms with Crippen molar-refractivity contribution < 1.29 is 21.8 Å². The number of pyridine rings is 2. The van der Waals surface area contributed by atoms with Crippen molar-refractivity contribution in [2.45, 2.75) is 19.9 Å². The molecule has 0 atom stereocenters. The Morgan fingerprint density at radius 3 is 2.73 bits per heavy atom. The first-order valence-corrected chi connectivity index (χ1v) is 8.17. The fourth-order valence-corrected chi connectivity index (χ4v) is 2.35. The first-order valence-electron chi connectivity index (χ1n) is 6.35. The van der Waals surface area contributed by atoms with E-state index in [9.17, 15) is 22.4 Å². The standard InChI is InChI=1S/C13H13FN2O5S/c1-3-4-16-7-10(13(18)21-22(2,19)20)11(17)9-5-8(14)6-15-12(9)16/h5-7H,3-4H2,1-2H3. The number of hydrogen-bond donors (Lipinski definition) is 0. The molecule has 22 heavy (non-hydrogen) atoms. The molecule has 0 aliphatic heterocycles. The van der Waals surface area contributed by atoms with E-state index in [0.717, 1.165) is 12.3 Å². The Balaban J connectivity index is 2.72. The lowest BCUT2D eigenvalue weighted by molar-refractivity contribution is 0.0746. The molecule has 9 heteroatoms. The minimum Gasteiger partial charge on any atom is -0.341 e. The van der Waals surface area contributed by atoms with Gasteiger partial charge in [-0.25, -0.2) is 14.2 Å². The summed E-state index contributed by atoms with van der Waals surface area (Å²) >= 11 is 0. The van der Waals surface area contributed by atoms with Crippen LogP contribution in [0, 0.1) is 5.82 Å². The van der Waals surface area contributed by atoms with Gasteiger partial charge in [0.25, 0.3) is 0 Å². The van der Waals surface area contributed by atoms with Crippen molar-refractivity contribution in [3.63, 3.8) is 0 Å². The summed E-state index contributed by atoms with van der Waals surface area (Å²) in [7, 11) is -4.06. The van der Waals surface area contributed by atoms with Crippen LogP contribution >= 0.6 is 0 Å². The van der Waals surface area contributed by atoms with Gasteiger partial charge in [-0.2, -0.15) is 8.42 Å². The third kappa shape index (κ3) is 3.30. The van der Waals surface area contributed by atoms with Crippen LogP contribution in [0.25, 0.3) is 11.0 Å². The molecule has 0 saturated carbocycles. The van der Waals surface area contributed by atoms with E-state index < -0.39 is 32.9 Å². The average molecular weight is 328 g/mol. The third-order valence-corrected chi connectivity index (χ3v) is 3.25. The molecule has 2 aromatic heterocycles. The molecule has 2 rings (SSSR count). The molecule has 0 fully saturated rings. The van der Waals surface area contributed by atoms with Gasteiger partial charge in [0, 0.05) is 12.7 Å². The lowest BCUT2D eigenvalue weighted by atomic mass is 10.2. The van der Waals surface area contributed by atoms with E-state index in [1.165, 1.54) is 10.8 Å². The fraction of sp³-hybridized carbons (Fsp3) is 0.308. The smallest absolute Gasteiger partial charge is 0.341 e. The van der Waals surface area contributed by atoms with Gasteiger partial charge in [-0.1, -0.05) is 6.92 Å². The number of hydrogen-bond acceptors (Lipinski definition) is 6. The normalized spacial score (nSPS) is 11.6. The Morgan fingerprint density at radius 2 is 2.14 bits per heavy atom. The maximum absolute atomic E-state index is 13.3. The molecule has 118 valence electrons. The molecular formula is C13H13FN2O5S. The van der Waals surface area contributed by atoms with Crippen LogP contribution in [0.4, 0.5) is 4.39 Å². The Bertz CT molecular complexity index is 905. The van der Waals surface area contributed by atoms with Gasteiger partial charge in [0.2, 0.25) is 5.43 Å². The maximum atomic E-state index is 13.3. The SMILES string of the molecule is CCCn1cc(C(=O)OS(C)(=O)=O)c(=O)c2cc(F)cnc21. The summed E-state index contributed by atoms with van der Waals surface area (Å²) < 4.78 is 41.1. The van der Waals surface area contributed by atoms with E-state index in [0.29, 0.717) is 19.2 Å². The number of halogens is 1. The number of nitrogens with zero attached hydrogens (tertiary/aromatic N) is 2. The number of carbonyl (C=O) groups excluding carboxylic acids is 1. The molecule has 0 unspecified atom stereocenters. The number of rotatable bonds is 4. The van der Waals surface area contributed by atoms with Crippen LogP contribution < -0.4 is 5.43 Å². The Hall–Kier alpha value is -2.29. The molecule has 0 aromatic carbocycles. The molecule has 2 aromatic rings. The number of carbonyl (C=O) groups is 1. The summed E-state index contributed by atoms with van der Waals surface area (Å²) in [4.78, 5) is 27.9. The van der Waals surface area contributed by atoms with Crippen LogP contribution in [-0.4, -0.2) is 30.2 Å². The summed E-state index contributed by atoms with van der Waals surface area (Å²) in [5.41, 5.74) is -1.11. The molecule has 0 aliphatic carbocycles. The lowest BCUT2D eigenvalue weighted by Gasteiger charge is -2.11. The van der Waals surface area contributed by atoms with Gasteiger partial charge in [-0.05, 0) is 12.5 Å². The summed E-state index contributed by atoms with van der Waals surface area (Å²) in [6.45, 7) is 2.27. The molecule has 0 spiro atoms. The zero-order valence-electron chi connectivity index (χ0n) is 11.9. The predicted molar refractivity (Wildman–Crippen MR) is 76.5 cm³/mol. The van der Waals surface area contributed by atoms with Gasteiger partial charge in [0.1, 0.15) is 17.0 Å². The van der Waals surface area contributed by atoms with Crippen LogP contribution in [0.2, 0.25) is 0 Å².